The number of ether oxygens (including phenoxy) is 3. The third kappa shape index (κ3) is 5.26. The van der Waals surface area contributed by atoms with Gasteiger partial charge in [-0.05, 0) is 37.9 Å². The largest absolute Gasteiger partial charge is 0.454 e. The molecule has 0 radical (unpaired) electrons. The number of carbonyl (C=O) groups is 1. The van der Waals surface area contributed by atoms with Crippen LogP contribution < -0.4 is 9.47 Å². The van der Waals surface area contributed by atoms with Crippen LogP contribution in [0.2, 0.25) is 0 Å². The summed E-state index contributed by atoms with van der Waals surface area (Å²) in [6.07, 6.45) is 3.38. The molecule has 0 unspecified atom stereocenters. The Kier molecular flexibility index (Phi) is 6.43. The molecule has 1 aromatic carbocycles. The number of hydrogen-bond donors (Lipinski definition) is 0. The zero-order valence-electron chi connectivity index (χ0n) is 13.9. The van der Waals surface area contributed by atoms with Crippen molar-refractivity contribution in [3.63, 3.8) is 0 Å². The quantitative estimate of drug-likeness (QED) is 0.679. The molecule has 0 aliphatic carbocycles. The molecule has 0 saturated carbocycles. The van der Waals surface area contributed by atoms with Gasteiger partial charge in [0.25, 0.3) is 0 Å². The summed E-state index contributed by atoms with van der Waals surface area (Å²) in [6.45, 7) is 2.83. The lowest BCUT2D eigenvalue weighted by molar-refractivity contribution is -0.126. The van der Waals surface area contributed by atoms with Crippen LogP contribution in [0.1, 0.15) is 5.56 Å². The highest BCUT2D eigenvalue weighted by Crippen LogP contribution is 2.32. The number of methoxy groups -OCH3 is 1. The van der Waals surface area contributed by atoms with Crippen molar-refractivity contribution in [1.82, 2.24) is 9.80 Å². The van der Waals surface area contributed by atoms with Gasteiger partial charge in [0.2, 0.25) is 12.7 Å². The van der Waals surface area contributed by atoms with Gasteiger partial charge in [-0.2, -0.15) is 0 Å². The van der Waals surface area contributed by atoms with Crippen molar-refractivity contribution in [2.24, 2.45) is 0 Å². The third-order valence-corrected chi connectivity index (χ3v) is 3.51. The molecule has 0 atom stereocenters. The fraction of sp³-hybridized carbons (Fsp3) is 0.471. The summed E-state index contributed by atoms with van der Waals surface area (Å²) in [7, 11) is 5.61. The Balaban J connectivity index is 1.98. The van der Waals surface area contributed by atoms with Gasteiger partial charge >= 0.3 is 0 Å². The van der Waals surface area contributed by atoms with E-state index in [9.17, 15) is 4.79 Å². The maximum absolute atomic E-state index is 12.4. The second-order valence-corrected chi connectivity index (χ2v) is 5.57. The predicted molar refractivity (Wildman–Crippen MR) is 88.6 cm³/mol. The summed E-state index contributed by atoms with van der Waals surface area (Å²) < 4.78 is 15.7. The minimum absolute atomic E-state index is 0.0263. The number of benzene rings is 1. The van der Waals surface area contributed by atoms with Crippen LogP contribution in [-0.2, 0) is 9.53 Å². The van der Waals surface area contributed by atoms with Gasteiger partial charge in [-0.1, -0.05) is 6.07 Å². The van der Waals surface area contributed by atoms with Gasteiger partial charge in [0.1, 0.15) is 0 Å². The fourth-order valence-corrected chi connectivity index (χ4v) is 2.14. The molecule has 1 heterocycles. The number of nitrogens with zero attached hydrogens (tertiary/aromatic N) is 2. The van der Waals surface area contributed by atoms with Crippen LogP contribution in [0.15, 0.2) is 24.3 Å². The topological polar surface area (TPSA) is 51.2 Å². The lowest BCUT2D eigenvalue weighted by Gasteiger charge is -2.22. The molecule has 0 spiro atoms. The van der Waals surface area contributed by atoms with Gasteiger partial charge in [-0.3, -0.25) is 4.79 Å². The lowest BCUT2D eigenvalue weighted by Crippen LogP contribution is -2.37. The fourth-order valence-electron chi connectivity index (χ4n) is 2.14. The molecule has 0 bridgehead atoms. The second kappa shape index (κ2) is 8.55. The van der Waals surface area contributed by atoms with Crippen LogP contribution in [0.3, 0.4) is 0 Å². The van der Waals surface area contributed by atoms with Crippen LogP contribution in [0.4, 0.5) is 0 Å². The van der Waals surface area contributed by atoms with Gasteiger partial charge in [-0.15, -0.1) is 0 Å². The van der Waals surface area contributed by atoms with E-state index in [0.717, 1.165) is 17.9 Å². The Morgan fingerprint density at radius 3 is 2.74 bits per heavy atom. The minimum Gasteiger partial charge on any atom is -0.454 e. The number of rotatable bonds is 8. The van der Waals surface area contributed by atoms with Crippen molar-refractivity contribution in [3.8, 4) is 11.5 Å². The van der Waals surface area contributed by atoms with Crippen LogP contribution in [-0.4, -0.2) is 69.9 Å². The normalized spacial score (nSPS) is 13.0. The van der Waals surface area contributed by atoms with Gasteiger partial charge in [0, 0.05) is 32.8 Å². The Bertz CT molecular complexity index is 558. The first-order valence-corrected chi connectivity index (χ1v) is 7.60. The van der Waals surface area contributed by atoms with E-state index in [-0.39, 0.29) is 12.7 Å². The molecule has 0 N–H and O–H groups in total. The molecular formula is C17H24N2O4. The molecule has 6 heteroatoms. The average molecular weight is 320 g/mol. The number of hydrogen-bond acceptors (Lipinski definition) is 5. The Morgan fingerprint density at radius 1 is 1.22 bits per heavy atom. The molecule has 1 aromatic rings. The highest BCUT2D eigenvalue weighted by molar-refractivity contribution is 5.91. The van der Waals surface area contributed by atoms with Gasteiger partial charge < -0.3 is 24.0 Å². The van der Waals surface area contributed by atoms with Crippen LogP contribution >= 0.6 is 0 Å². The van der Waals surface area contributed by atoms with E-state index in [2.05, 4.69) is 4.90 Å². The molecule has 2 rings (SSSR count). The van der Waals surface area contributed by atoms with Crippen molar-refractivity contribution in [2.75, 3.05) is 54.2 Å². The monoisotopic (exact) mass is 320 g/mol. The van der Waals surface area contributed by atoms with Gasteiger partial charge in [0.05, 0.1) is 6.61 Å². The van der Waals surface area contributed by atoms with Crippen molar-refractivity contribution < 1.29 is 19.0 Å². The first kappa shape index (κ1) is 17.3. The van der Waals surface area contributed by atoms with Crippen molar-refractivity contribution in [2.45, 2.75) is 0 Å². The van der Waals surface area contributed by atoms with Crippen LogP contribution in [0, 0.1) is 0 Å². The Hall–Kier alpha value is -2.05. The third-order valence-electron chi connectivity index (χ3n) is 3.51. The van der Waals surface area contributed by atoms with Gasteiger partial charge in [-0.25, -0.2) is 0 Å². The van der Waals surface area contributed by atoms with Crippen molar-refractivity contribution >= 4 is 12.0 Å². The Labute approximate surface area is 137 Å². The summed E-state index contributed by atoms with van der Waals surface area (Å²) in [4.78, 5) is 16.2. The first-order valence-electron chi connectivity index (χ1n) is 7.60. The average Bonchev–Trinajstić information content (AvgIpc) is 3.00. The molecule has 1 amide bonds. The molecule has 1 aliphatic heterocycles. The van der Waals surface area contributed by atoms with E-state index in [1.807, 2.05) is 32.3 Å². The Morgan fingerprint density at radius 2 is 2.00 bits per heavy atom. The summed E-state index contributed by atoms with van der Waals surface area (Å²) in [5.41, 5.74) is 0.905. The van der Waals surface area contributed by atoms with E-state index in [1.165, 1.54) is 0 Å². The van der Waals surface area contributed by atoms with E-state index in [1.54, 1.807) is 24.2 Å². The lowest BCUT2D eigenvalue weighted by atomic mass is 10.2. The summed E-state index contributed by atoms with van der Waals surface area (Å²) in [5.74, 6) is 1.42. The molecule has 0 aromatic heterocycles. The highest BCUT2D eigenvalue weighted by Gasteiger charge is 2.13. The van der Waals surface area contributed by atoms with E-state index >= 15 is 0 Å². The number of fused-ring (bicyclic) bond motifs is 1. The molecule has 23 heavy (non-hydrogen) atoms. The zero-order valence-corrected chi connectivity index (χ0v) is 13.9. The molecule has 0 saturated heterocycles. The maximum Gasteiger partial charge on any atom is 0.246 e. The molecule has 0 fully saturated rings. The zero-order chi connectivity index (χ0) is 16.7. The summed E-state index contributed by atoms with van der Waals surface area (Å²) >= 11 is 0. The molecule has 6 nitrogen and oxygen atoms in total. The smallest absolute Gasteiger partial charge is 0.246 e. The second-order valence-electron chi connectivity index (χ2n) is 5.57. The minimum atomic E-state index is -0.0263. The number of amides is 1. The maximum atomic E-state index is 12.4. The van der Waals surface area contributed by atoms with Crippen molar-refractivity contribution in [1.29, 1.82) is 0 Å². The summed E-state index contributed by atoms with van der Waals surface area (Å²) in [6, 6.07) is 5.61. The van der Waals surface area contributed by atoms with Gasteiger partial charge in [0.15, 0.2) is 11.5 Å². The van der Waals surface area contributed by atoms with E-state index in [0.29, 0.717) is 25.4 Å². The van der Waals surface area contributed by atoms with Crippen LogP contribution in [0.25, 0.3) is 6.08 Å². The predicted octanol–water partition coefficient (Wildman–Crippen LogP) is 1.47. The molecule has 1 aliphatic rings. The first-order chi connectivity index (χ1) is 11.1. The molecule has 126 valence electrons. The molecular weight excluding hydrogens is 296 g/mol. The summed E-state index contributed by atoms with van der Waals surface area (Å²) in [5, 5.41) is 0. The standard InChI is InChI=1S/C17H24N2O4/c1-18(2)8-9-19(10-11-21-3)17(20)7-5-14-4-6-15-16(12-14)23-13-22-15/h4-7,12H,8-11,13H2,1-3H3. The van der Waals surface area contributed by atoms with E-state index in [4.69, 9.17) is 14.2 Å². The van der Waals surface area contributed by atoms with Crippen molar-refractivity contribution in [3.05, 3.63) is 29.8 Å². The van der Waals surface area contributed by atoms with Crippen LogP contribution in [0.5, 0.6) is 11.5 Å². The highest BCUT2D eigenvalue weighted by atomic mass is 16.7. The SMILES string of the molecule is COCCN(CCN(C)C)C(=O)C=Cc1ccc2c(c1)OCO2. The number of likely N-dealkylation sites (N-methyl/N-ethyl adjacent to an activating group) is 1. The number of carbonyl (C=O) groups excluding carboxylic acids is 1. The van der Waals surface area contributed by atoms with E-state index < -0.39 is 0 Å².